The number of halogens is 1. The first-order chi connectivity index (χ1) is 28.2. The molecule has 4 fully saturated rings. The van der Waals surface area contributed by atoms with E-state index in [4.69, 9.17) is 14.5 Å². The van der Waals surface area contributed by atoms with E-state index in [1.807, 2.05) is 50.3 Å². The molecule has 7 atom stereocenters. The summed E-state index contributed by atoms with van der Waals surface area (Å²) >= 11 is 0. The molecule has 0 bridgehead atoms. The second kappa shape index (κ2) is 14.6. The first kappa shape index (κ1) is 40.0. The van der Waals surface area contributed by atoms with E-state index in [1.165, 1.54) is 17.0 Å². The van der Waals surface area contributed by atoms with Crippen molar-refractivity contribution in [2.75, 3.05) is 13.2 Å². The molecule has 2 aromatic carbocycles. The molecule has 15 heteroatoms. The van der Waals surface area contributed by atoms with Crippen LogP contribution in [0.3, 0.4) is 0 Å². The number of aryl methyl sites for hydroxylation is 1. The third-order valence-corrected chi connectivity index (χ3v) is 15.9. The number of aliphatic hydroxyl groups is 1. The Bertz CT molecular complexity index is 2350. The van der Waals surface area contributed by atoms with E-state index < -0.39 is 79.9 Å². The number of hydrogen-bond acceptors (Lipinski definition) is 10. The number of aromatic nitrogens is 1. The number of benzene rings is 2. The smallest absolute Gasteiger partial charge is 0.265 e. The summed E-state index contributed by atoms with van der Waals surface area (Å²) in [5.74, 6) is -2.05. The predicted molar refractivity (Wildman–Crippen MR) is 216 cm³/mol. The van der Waals surface area contributed by atoms with Gasteiger partial charge >= 0.3 is 0 Å². The van der Waals surface area contributed by atoms with Crippen molar-refractivity contribution in [3.8, 4) is 17.0 Å². The number of carbonyl (C=O) groups is 3. The Balaban J connectivity index is 1.09. The third-order valence-electron chi connectivity index (χ3n) is 13.3. The van der Waals surface area contributed by atoms with Crippen LogP contribution < -0.4 is 15.4 Å². The maximum atomic E-state index is 14.9. The zero-order chi connectivity index (χ0) is 41.5. The average molecular weight is 830 g/mol. The van der Waals surface area contributed by atoms with Crippen molar-refractivity contribution < 1.29 is 41.8 Å². The van der Waals surface area contributed by atoms with Crippen LogP contribution in [0, 0.1) is 17.7 Å². The standard InChI is InChI=1S/C44H52FN5O8S/c1-26(2)24-57-41(54)47-33-17-8-6-4-5-7-15-31-37-44(31,40(53)50(37)59(55,56)42(3)20-21-42)48-38(51)34-23-43(25-49(34)39(33)52)19-18-30-29-14-9-10-16-32(29)46-35(36(30)58-43)27-12-11-13-28(45)22-27/h7,9-16,22,26,31,33-34,37,41,47,54H,4-6,8,17-21,23-25H2,1-3H3,(H,48,51). The first-order valence-corrected chi connectivity index (χ1v) is 22.4. The number of allylic oxidation sites excluding steroid dienone is 1. The highest BCUT2D eigenvalue weighted by Gasteiger charge is 2.86. The van der Waals surface area contributed by atoms with Gasteiger partial charge in [0.15, 0.2) is 5.54 Å². The summed E-state index contributed by atoms with van der Waals surface area (Å²) in [7, 11) is -3.95. The van der Waals surface area contributed by atoms with Crippen molar-refractivity contribution in [3.05, 3.63) is 72.1 Å². The summed E-state index contributed by atoms with van der Waals surface area (Å²) in [6.45, 7) is 5.81. The van der Waals surface area contributed by atoms with Gasteiger partial charge in [0.05, 0.1) is 35.5 Å². The number of sulfonamides is 1. The van der Waals surface area contributed by atoms with Gasteiger partial charge in [0.25, 0.3) is 5.91 Å². The summed E-state index contributed by atoms with van der Waals surface area (Å²) < 4.78 is 54.8. The van der Waals surface area contributed by atoms with E-state index >= 15 is 0 Å². The predicted octanol–water partition coefficient (Wildman–Crippen LogP) is 4.71. The zero-order valence-electron chi connectivity index (χ0n) is 33.7. The molecule has 13 nitrogen and oxygen atoms in total. The highest BCUT2D eigenvalue weighted by Crippen LogP contribution is 2.62. The summed E-state index contributed by atoms with van der Waals surface area (Å²) in [6, 6.07) is 11.0. The molecule has 314 valence electrons. The lowest BCUT2D eigenvalue weighted by molar-refractivity contribution is -0.153. The van der Waals surface area contributed by atoms with Crippen molar-refractivity contribution in [2.45, 2.75) is 125 Å². The summed E-state index contributed by atoms with van der Waals surface area (Å²) in [5, 5.41) is 17.8. The van der Waals surface area contributed by atoms with Gasteiger partial charge < -0.3 is 24.8 Å². The largest absolute Gasteiger partial charge is 0.483 e. The lowest BCUT2D eigenvalue weighted by Gasteiger charge is -2.39. The van der Waals surface area contributed by atoms with Crippen molar-refractivity contribution in [1.82, 2.24) is 24.8 Å². The van der Waals surface area contributed by atoms with Gasteiger partial charge in [0.2, 0.25) is 28.3 Å². The van der Waals surface area contributed by atoms with Gasteiger partial charge in [0, 0.05) is 28.9 Å². The zero-order valence-corrected chi connectivity index (χ0v) is 34.5. The molecule has 3 aromatic rings. The van der Waals surface area contributed by atoms with Gasteiger partial charge in [-0.3, -0.25) is 19.7 Å². The van der Waals surface area contributed by atoms with E-state index in [9.17, 15) is 32.3 Å². The molecule has 2 saturated heterocycles. The quantitative estimate of drug-likeness (QED) is 0.165. The van der Waals surface area contributed by atoms with Crippen molar-refractivity contribution in [3.63, 3.8) is 0 Å². The van der Waals surface area contributed by atoms with Gasteiger partial charge in [-0.25, -0.2) is 22.1 Å². The molecule has 9 rings (SSSR count). The molecule has 2 spiro atoms. The molecule has 7 unspecified atom stereocenters. The second-order valence-corrected chi connectivity index (χ2v) is 20.3. The highest BCUT2D eigenvalue weighted by molar-refractivity contribution is 7.91. The van der Waals surface area contributed by atoms with Gasteiger partial charge in [0.1, 0.15) is 28.9 Å². The number of pyridine rings is 1. The summed E-state index contributed by atoms with van der Waals surface area (Å²) in [4.78, 5) is 50.3. The van der Waals surface area contributed by atoms with Crippen molar-refractivity contribution in [1.29, 1.82) is 0 Å². The topological polar surface area (TPSA) is 167 Å². The molecule has 2 saturated carbocycles. The van der Waals surface area contributed by atoms with Crippen LogP contribution in [0.4, 0.5) is 4.39 Å². The number of ether oxygens (including phenoxy) is 2. The van der Waals surface area contributed by atoms with Crippen LogP contribution in [0.1, 0.15) is 84.1 Å². The molecule has 2 aliphatic carbocycles. The van der Waals surface area contributed by atoms with Crippen LogP contribution >= 0.6 is 0 Å². The van der Waals surface area contributed by atoms with Crippen LogP contribution in [0.15, 0.2) is 60.7 Å². The highest BCUT2D eigenvalue weighted by atomic mass is 32.2. The molecule has 3 amide bonds. The maximum Gasteiger partial charge on any atom is 0.265 e. The molecular weight excluding hydrogens is 778 g/mol. The number of aliphatic hydroxyl groups excluding tert-OH is 1. The molecule has 6 aliphatic rings. The molecule has 1 aromatic heterocycles. The summed E-state index contributed by atoms with van der Waals surface area (Å²) in [5.41, 5.74) is 0.0611. The Kier molecular flexibility index (Phi) is 9.92. The Morgan fingerprint density at radius 2 is 1.88 bits per heavy atom. The van der Waals surface area contributed by atoms with Gasteiger partial charge in [-0.1, -0.05) is 69.2 Å². The van der Waals surface area contributed by atoms with Crippen LogP contribution in [-0.4, -0.2) is 99.0 Å². The van der Waals surface area contributed by atoms with E-state index in [0.717, 1.165) is 33.6 Å². The van der Waals surface area contributed by atoms with Crippen LogP contribution in [0.5, 0.6) is 5.75 Å². The maximum absolute atomic E-state index is 14.9. The Hall–Kier alpha value is -4.44. The van der Waals surface area contributed by atoms with E-state index in [1.54, 1.807) is 19.1 Å². The molecule has 59 heavy (non-hydrogen) atoms. The molecule has 4 aliphatic heterocycles. The fourth-order valence-electron chi connectivity index (χ4n) is 9.68. The number of para-hydroxylation sites is 1. The number of carbonyl (C=O) groups excluding carboxylic acids is 3. The van der Waals surface area contributed by atoms with Crippen molar-refractivity contribution >= 4 is 38.6 Å². The number of β-lactam (4-membered cyclic amide) rings is 1. The number of hydrogen-bond donors (Lipinski definition) is 3. The van der Waals surface area contributed by atoms with Crippen LogP contribution in [0.25, 0.3) is 22.2 Å². The molecule has 5 heterocycles. The Morgan fingerprint density at radius 3 is 2.64 bits per heavy atom. The number of rotatable bonds is 8. The van der Waals surface area contributed by atoms with E-state index in [-0.39, 0.29) is 25.5 Å². The first-order valence-electron chi connectivity index (χ1n) is 21.0. The third kappa shape index (κ3) is 6.72. The van der Waals surface area contributed by atoms with Crippen molar-refractivity contribution in [2.24, 2.45) is 11.8 Å². The minimum atomic E-state index is -3.95. The lowest BCUT2D eigenvalue weighted by Crippen LogP contribution is -2.68. The summed E-state index contributed by atoms with van der Waals surface area (Å²) in [6.07, 6.45) is 7.57. The number of amides is 3. The van der Waals surface area contributed by atoms with Gasteiger partial charge in [-0.2, -0.15) is 0 Å². The van der Waals surface area contributed by atoms with Crippen LogP contribution in [-0.2, 0) is 35.6 Å². The Morgan fingerprint density at radius 1 is 1.08 bits per heavy atom. The fraction of sp³-hybridized carbons (Fsp3) is 0.545. The normalized spacial score (nSPS) is 30.6. The number of nitrogens with zero attached hydrogens (tertiary/aromatic N) is 3. The molecular formula is C44H52FN5O8S. The van der Waals surface area contributed by atoms with Gasteiger partial charge in [-0.15, -0.1) is 0 Å². The second-order valence-electron chi connectivity index (χ2n) is 18.0. The van der Waals surface area contributed by atoms with Crippen LogP contribution in [0.2, 0.25) is 0 Å². The molecule has 3 N–H and O–H groups in total. The van der Waals surface area contributed by atoms with E-state index in [2.05, 4.69) is 10.6 Å². The average Bonchev–Trinajstić information content (AvgIpc) is 4.04. The Labute approximate surface area is 343 Å². The van der Waals surface area contributed by atoms with Gasteiger partial charge in [-0.05, 0) is 76.0 Å². The lowest BCUT2D eigenvalue weighted by atomic mass is 9.86. The monoisotopic (exact) mass is 829 g/mol. The minimum absolute atomic E-state index is 0.00642. The van der Waals surface area contributed by atoms with E-state index in [0.29, 0.717) is 62.0 Å². The number of nitrogens with one attached hydrogen (secondary N) is 2. The fourth-order valence-corrected chi connectivity index (χ4v) is 11.7. The minimum Gasteiger partial charge on any atom is -0.483 e. The molecule has 0 radical (unpaired) electrons. The SMILES string of the molecule is CC(C)COC(O)NC1CCCCCC=CC2C3N(S(=O)(=O)C4(C)CC4)C(=O)C23NC(=O)C2CC3(CCc4c(c(-c5cccc(F)c5)nc5ccccc45)O3)CN2C1=O. The number of fused-ring (bicyclic) bond motifs is 5.